The summed E-state index contributed by atoms with van der Waals surface area (Å²) >= 11 is 0. The lowest BCUT2D eigenvalue weighted by atomic mass is 10.2. The molecule has 0 aliphatic rings. The summed E-state index contributed by atoms with van der Waals surface area (Å²) in [5, 5.41) is 8.76. The third-order valence-electron chi connectivity index (χ3n) is 2.63. The van der Waals surface area contributed by atoms with Crippen LogP contribution in [0.15, 0.2) is 30.3 Å². The second-order valence-corrected chi connectivity index (χ2v) is 4.22. The molecule has 0 unspecified atom stereocenters. The second-order valence-electron chi connectivity index (χ2n) is 4.22. The van der Waals surface area contributed by atoms with E-state index in [9.17, 15) is 13.6 Å². The van der Waals surface area contributed by atoms with Gasteiger partial charge in [0.2, 0.25) is 5.91 Å². The molecule has 0 atom stereocenters. The number of hydrogen-bond donors (Lipinski definition) is 1. The molecule has 1 aromatic rings. The molecule has 20 heavy (non-hydrogen) atoms. The van der Waals surface area contributed by atoms with Crippen molar-refractivity contribution in [2.75, 3.05) is 26.3 Å². The predicted molar refractivity (Wildman–Crippen MR) is 70.8 cm³/mol. The Morgan fingerprint density at radius 3 is 2.60 bits per heavy atom. The Morgan fingerprint density at radius 1 is 1.30 bits per heavy atom. The number of aliphatic hydroxyl groups excluding tert-OH is 1. The highest BCUT2D eigenvalue weighted by molar-refractivity contribution is 5.76. The molecule has 6 heteroatoms. The second kappa shape index (κ2) is 9.25. The Bertz CT molecular complexity index is 387. The first-order valence-corrected chi connectivity index (χ1v) is 6.48. The van der Waals surface area contributed by atoms with Crippen LogP contribution in [0.2, 0.25) is 0 Å². The number of benzene rings is 1. The number of aliphatic hydroxyl groups is 1. The van der Waals surface area contributed by atoms with Crippen LogP contribution in [0.5, 0.6) is 5.75 Å². The average molecular weight is 287 g/mol. The lowest BCUT2D eigenvalue weighted by Gasteiger charge is -2.21. The van der Waals surface area contributed by atoms with Gasteiger partial charge in [-0.25, -0.2) is 8.78 Å². The van der Waals surface area contributed by atoms with Crippen LogP contribution in [0, 0.1) is 0 Å². The number of halogens is 2. The lowest BCUT2D eigenvalue weighted by Crippen LogP contribution is -2.37. The normalized spacial score (nSPS) is 10.6. The zero-order chi connectivity index (χ0) is 14.8. The van der Waals surface area contributed by atoms with E-state index in [1.807, 2.05) is 18.2 Å². The summed E-state index contributed by atoms with van der Waals surface area (Å²) in [6, 6.07) is 9.15. The van der Waals surface area contributed by atoms with Gasteiger partial charge >= 0.3 is 0 Å². The Morgan fingerprint density at radius 2 is 2.00 bits per heavy atom. The fraction of sp³-hybridized carbons (Fsp3) is 0.500. The van der Waals surface area contributed by atoms with Crippen molar-refractivity contribution in [3.05, 3.63) is 30.3 Å². The smallest absolute Gasteiger partial charge is 0.255 e. The van der Waals surface area contributed by atoms with Crippen molar-refractivity contribution in [2.24, 2.45) is 0 Å². The molecule has 112 valence electrons. The van der Waals surface area contributed by atoms with E-state index in [0.29, 0.717) is 18.8 Å². The van der Waals surface area contributed by atoms with Gasteiger partial charge in [-0.15, -0.1) is 0 Å². The van der Waals surface area contributed by atoms with E-state index >= 15 is 0 Å². The van der Waals surface area contributed by atoms with Gasteiger partial charge in [0.25, 0.3) is 6.43 Å². The molecular formula is C14H19F2NO3. The molecule has 0 radical (unpaired) electrons. The first kappa shape index (κ1) is 16.4. The SMILES string of the molecule is O=C(CCCOc1ccccc1)N(CCO)CC(F)F. The average Bonchev–Trinajstić information content (AvgIpc) is 2.43. The molecular weight excluding hydrogens is 268 g/mol. The van der Waals surface area contributed by atoms with Crippen LogP contribution in [0.25, 0.3) is 0 Å². The summed E-state index contributed by atoms with van der Waals surface area (Å²) in [7, 11) is 0. The number of carbonyl (C=O) groups is 1. The van der Waals surface area contributed by atoms with E-state index < -0.39 is 18.9 Å². The van der Waals surface area contributed by atoms with Crippen LogP contribution < -0.4 is 4.74 Å². The largest absolute Gasteiger partial charge is 0.494 e. The maximum Gasteiger partial charge on any atom is 0.255 e. The summed E-state index contributed by atoms with van der Waals surface area (Å²) in [5.74, 6) is 0.316. The number of carbonyl (C=O) groups excluding carboxylic acids is 1. The van der Waals surface area contributed by atoms with Gasteiger partial charge in [-0.1, -0.05) is 18.2 Å². The van der Waals surface area contributed by atoms with Crippen molar-refractivity contribution >= 4 is 5.91 Å². The van der Waals surface area contributed by atoms with E-state index in [2.05, 4.69) is 0 Å². The van der Waals surface area contributed by atoms with Gasteiger partial charge in [-0.3, -0.25) is 4.79 Å². The fourth-order valence-electron chi connectivity index (χ4n) is 1.69. The van der Waals surface area contributed by atoms with E-state index in [-0.39, 0.29) is 19.6 Å². The summed E-state index contributed by atoms with van der Waals surface area (Å²) in [6.07, 6.45) is -2.02. The first-order chi connectivity index (χ1) is 9.63. The Kier molecular flexibility index (Phi) is 7.57. The van der Waals surface area contributed by atoms with Crippen LogP contribution >= 0.6 is 0 Å². The zero-order valence-electron chi connectivity index (χ0n) is 11.2. The van der Waals surface area contributed by atoms with Gasteiger partial charge in [0.15, 0.2) is 0 Å². The summed E-state index contributed by atoms with van der Waals surface area (Å²) in [5.41, 5.74) is 0. The number of para-hydroxylation sites is 1. The van der Waals surface area contributed by atoms with Gasteiger partial charge in [-0.2, -0.15) is 0 Å². The molecule has 0 heterocycles. The van der Waals surface area contributed by atoms with E-state index in [4.69, 9.17) is 9.84 Å². The monoisotopic (exact) mass is 287 g/mol. The van der Waals surface area contributed by atoms with Gasteiger partial charge in [0.05, 0.1) is 19.8 Å². The van der Waals surface area contributed by atoms with Crippen LogP contribution in [0.1, 0.15) is 12.8 Å². The van der Waals surface area contributed by atoms with Crippen LogP contribution in [0.4, 0.5) is 8.78 Å². The number of amides is 1. The Balaban J connectivity index is 2.26. The van der Waals surface area contributed by atoms with Crippen molar-refractivity contribution in [3.8, 4) is 5.75 Å². The Labute approximate surface area is 117 Å². The van der Waals surface area contributed by atoms with Gasteiger partial charge < -0.3 is 14.7 Å². The zero-order valence-corrected chi connectivity index (χ0v) is 11.2. The number of hydrogen-bond acceptors (Lipinski definition) is 3. The van der Waals surface area contributed by atoms with Crippen molar-refractivity contribution in [2.45, 2.75) is 19.3 Å². The van der Waals surface area contributed by atoms with Crippen molar-refractivity contribution in [1.29, 1.82) is 0 Å². The van der Waals surface area contributed by atoms with E-state index in [1.54, 1.807) is 12.1 Å². The van der Waals surface area contributed by atoms with Crippen LogP contribution in [-0.2, 0) is 4.79 Å². The minimum Gasteiger partial charge on any atom is -0.494 e. The molecule has 0 saturated carbocycles. The van der Waals surface area contributed by atoms with E-state index in [0.717, 1.165) is 4.90 Å². The molecule has 0 saturated heterocycles. The number of alkyl halides is 2. The minimum absolute atomic E-state index is 0.0668. The fourth-order valence-corrected chi connectivity index (χ4v) is 1.69. The molecule has 0 fully saturated rings. The molecule has 1 amide bonds. The van der Waals surface area contributed by atoms with E-state index in [1.165, 1.54) is 0 Å². The molecule has 0 aromatic heterocycles. The third-order valence-corrected chi connectivity index (χ3v) is 2.63. The molecule has 0 bridgehead atoms. The van der Waals surface area contributed by atoms with Gasteiger partial charge in [0.1, 0.15) is 5.75 Å². The quantitative estimate of drug-likeness (QED) is 0.706. The number of rotatable bonds is 9. The van der Waals surface area contributed by atoms with Crippen LogP contribution in [0.3, 0.4) is 0 Å². The minimum atomic E-state index is -2.59. The highest BCUT2D eigenvalue weighted by Gasteiger charge is 2.17. The lowest BCUT2D eigenvalue weighted by molar-refractivity contribution is -0.133. The summed E-state index contributed by atoms with van der Waals surface area (Å²) in [4.78, 5) is 12.7. The molecule has 0 aliphatic heterocycles. The summed E-state index contributed by atoms with van der Waals surface area (Å²) in [6.45, 7) is -0.683. The number of nitrogens with zero attached hydrogens (tertiary/aromatic N) is 1. The first-order valence-electron chi connectivity index (χ1n) is 6.48. The van der Waals surface area contributed by atoms with Crippen LogP contribution in [-0.4, -0.2) is 48.6 Å². The highest BCUT2D eigenvalue weighted by atomic mass is 19.3. The standard InChI is InChI=1S/C14H19F2NO3/c15-13(16)11-17(8-9-18)14(19)7-4-10-20-12-5-2-1-3-6-12/h1-3,5-6,13,18H,4,7-11H2. The van der Waals surface area contributed by atoms with Crippen molar-refractivity contribution in [1.82, 2.24) is 4.90 Å². The van der Waals surface area contributed by atoms with Gasteiger partial charge in [-0.05, 0) is 18.6 Å². The third kappa shape index (κ3) is 6.47. The summed E-state index contributed by atoms with van der Waals surface area (Å²) < 4.78 is 30.0. The highest BCUT2D eigenvalue weighted by Crippen LogP contribution is 2.09. The Hall–Kier alpha value is -1.69. The maximum atomic E-state index is 12.3. The molecule has 0 spiro atoms. The van der Waals surface area contributed by atoms with Crippen molar-refractivity contribution < 1.29 is 23.4 Å². The molecule has 1 rings (SSSR count). The molecule has 1 aromatic carbocycles. The van der Waals surface area contributed by atoms with Gasteiger partial charge in [0, 0.05) is 13.0 Å². The van der Waals surface area contributed by atoms with Crippen molar-refractivity contribution in [3.63, 3.8) is 0 Å². The topological polar surface area (TPSA) is 49.8 Å². The molecule has 4 nitrogen and oxygen atoms in total. The molecule has 0 aliphatic carbocycles. The maximum absolute atomic E-state index is 12.3. The molecule has 1 N–H and O–H groups in total. The number of ether oxygens (including phenoxy) is 1. The predicted octanol–water partition coefficient (Wildman–Crippen LogP) is 1.93.